The Hall–Kier alpha value is -2.91. The van der Waals surface area contributed by atoms with Crippen molar-refractivity contribution in [2.75, 3.05) is 31.1 Å². The maximum Gasteiger partial charge on any atom is 0.289 e. The highest BCUT2D eigenvalue weighted by Crippen LogP contribution is 2.24. The number of guanidine groups is 1. The second kappa shape index (κ2) is 6.11. The first kappa shape index (κ1) is 16.6. The molecule has 0 saturated carbocycles. The highest BCUT2D eigenvalue weighted by molar-refractivity contribution is 6.16. The van der Waals surface area contributed by atoms with Crippen molar-refractivity contribution < 1.29 is 9.18 Å². The second-order valence-corrected chi connectivity index (χ2v) is 6.46. The minimum absolute atomic E-state index is 0.160. The fourth-order valence-electron chi connectivity index (χ4n) is 3.22. The molecule has 2 aromatic heterocycles. The number of hydrogen-bond acceptors (Lipinski definition) is 7. The maximum absolute atomic E-state index is 13.6. The number of halogens is 1. The first-order valence-electron chi connectivity index (χ1n) is 8.44. The van der Waals surface area contributed by atoms with Crippen LogP contribution in [-0.4, -0.2) is 74.4 Å². The van der Waals surface area contributed by atoms with E-state index in [0.29, 0.717) is 37.9 Å². The zero-order valence-corrected chi connectivity index (χ0v) is 14.8. The van der Waals surface area contributed by atoms with E-state index >= 15 is 0 Å². The van der Waals surface area contributed by atoms with Gasteiger partial charge in [-0.2, -0.15) is 19.6 Å². The van der Waals surface area contributed by atoms with E-state index < -0.39 is 12.1 Å². The Kier molecular flexibility index (Phi) is 3.89. The molecule has 1 saturated heterocycles. The van der Waals surface area contributed by atoms with Crippen molar-refractivity contribution in [3.63, 3.8) is 0 Å². The summed E-state index contributed by atoms with van der Waals surface area (Å²) >= 11 is 0. The van der Waals surface area contributed by atoms with E-state index in [0.717, 1.165) is 17.1 Å². The van der Waals surface area contributed by atoms with Crippen molar-refractivity contribution in [1.29, 1.82) is 0 Å². The lowest BCUT2D eigenvalue weighted by Crippen LogP contribution is -2.50. The van der Waals surface area contributed by atoms with E-state index in [4.69, 9.17) is 0 Å². The number of carbonyl (C=O) groups excluding carboxylic acids is 1. The summed E-state index contributed by atoms with van der Waals surface area (Å²) in [5, 5.41) is 4.29. The summed E-state index contributed by atoms with van der Waals surface area (Å²) in [5.41, 5.74) is 2.13. The zero-order chi connectivity index (χ0) is 18.4. The number of carbonyl (C=O) groups is 1. The number of rotatable bonds is 1. The number of fused-ring (bicyclic) bond motifs is 1. The SMILES string of the molecule is CC1=NC(N2CCN(c3c(C)c(C)nc4ncnn34)CC2)=NC(=O)C1F. The van der Waals surface area contributed by atoms with Crippen molar-refractivity contribution >= 4 is 29.2 Å². The number of amides is 1. The molecule has 136 valence electrons. The molecule has 26 heavy (non-hydrogen) atoms. The fourth-order valence-corrected chi connectivity index (χ4v) is 3.22. The lowest BCUT2D eigenvalue weighted by molar-refractivity contribution is -0.120. The van der Waals surface area contributed by atoms with Gasteiger partial charge in [0.05, 0.1) is 5.71 Å². The van der Waals surface area contributed by atoms with E-state index in [1.807, 2.05) is 18.7 Å². The lowest BCUT2D eigenvalue weighted by Gasteiger charge is -2.37. The molecular weight excluding hydrogens is 339 g/mol. The van der Waals surface area contributed by atoms with Gasteiger partial charge in [0, 0.05) is 37.4 Å². The fraction of sp³-hybridized carbons (Fsp3) is 0.500. The quantitative estimate of drug-likeness (QED) is 0.740. The van der Waals surface area contributed by atoms with Gasteiger partial charge in [0.2, 0.25) is 12.1 Å². The molecular formula is C16H19FN8O. The molecule has 10 heteroatoms. The van der Waals surface area contributed by atoms with Gasteiger partial charge in [0.25, 0.3) is 11.7 Å². The van der Waals surface area contributed by atoms with E-state index in [-0.39, 0.29) is 5.71 Å². The first-order chi connectivity index (χ1) is 12.5. The predicted molar refractivity (Wildman–Crippen MR) is 94.5 cm³/mol. The number of aryl methyl sites for hydroxylation is 1. The number of nitrogens with zero attached hydrogens (tertiary/aromatic N) is 8. The molecule has 1 unspecified atom stereocenters. The third-order valence-corrected chi connectivity index (χ3v) is 4.81. The van der Waals surface area contributed by atoms with Crippen LogP contribution in [0.15, 0.2) is 16.3 Å². The molecule has 1 atom stereocenters. The molecule has 0 N–H and O–H groups in total. The van der Waals surface area contributed by atoms with Gasteiger partial charge in [-0.1, -0.05) is 0 Å². The molecule has 1 fully saturated rings. The number of alkyl halides is 1. The highest BCUT2D eigenvalue weighted by Gasteiger charge is 2.30. The molecule has 4 heterocycles. The largest absolute Gasteiger partial charge is 0.353 e. The average Bonchev–Trinajstić information content (AvgIpc) is 3.08. The number of piperazine rings is 1. The summed E-state index contributed by atoms with van der Waals surface area (Å²) in [6.07, 6.45) is -0.225. The smallest absolute Gasteiger partial charge is 0.289 e. The standard InChI is InChI=1S/C16H19FN8O/c1-9-10(2)20-15-18-8-19-25(15)14(9)23-4-6-24(7-5-23)16-21-11(3)12(17)13(26)22-16/h8,12H,4-7H2,1-3H3. The van der Waals surface area contributed by atoms with Gasteiger partial charge in [-0.15, -0.1) is 0 Å². The second-order valence-electron chi connectivity index (χ2n) is 6.46. The third-order valence-electron chi connectivity index (χ3n) is 4.81. The topological polar surface area (TPSA) is 91.3 Å². The molecule has 4 rings (SSSR count). The van der Waals surface area contributed by atoms with Gasteiger partial charge in [-0.05, 0) is 20.8 Å². The summed E-state index contributed by atoms with van der Waals surface area (Å²) in [6, 6.07) is 0. The van der Waals surface area contributed by atoms with Crippen molar-refractivity contribution in [3.8, 4) is 0 Å². The van der Waals surface area contributed by atoms with Crippen LogP contribution >= 0.6 is 0 Å². The van der Waals surface area contributed by atoms with Gasteiger partial charge in [-0.3, -0.25) is 4.79 Å². The van der Waals surface area contributed by atoms with Gasteiger partial charge < -0.3 is 9.80 Å². The molecule has 1 amide bonds. The Morgan fingerprint density at radius 2 is 1.77 bits per heavy atom. The zero-order valence-electron chi connectivity index (χ0n) is 14.8. The summed E-state index contributed by atoms with van der Waals surface area (Å²) in [4.78, 5) is 32.3. The molecule has 0 aliphatic carbocycles. The van der Waals surface area contributed by atoms with Crippen LogP contribution in [0.1, 0.15) is 18.2 Å². The molecule has 0 radical (unpaired) electrons. The van der Waals surface area contributed by atoms with Crippen LogP contribution in [0.3, 0.4) is 0 Å². The van der Waals surface area contributed by atoms with Crippen LogP contribution in [-0.2, 0) is 4.79 Å². The van der Waals surface area contributed by atoms with Gasteiger partial charge in [0.15, 0.2) is 0 Å². The molecule has 2 aliphatic rings. The first-order valence-corrected chi connectivity index (χ1v) is 8.44. The highest BCUT2D eigenvalue weighted by atomic mass is 19.1. The molecule has 0 bridgehead atoms. The van der Waals surface area contributed by atoms with Crippen LogP contribution < -0.4 is 4.90 Å². The van der Waals surface area contributed by atoms with Gasteiger partial charge in [0.1, 0.15) is 12.1 Å². The third kappa shape index (κ3) is 2.61. The van der Waals surface area contributed by atoms with Gasteiger partial charge in [-0.25, -0.2) is 14.4 Å². The number of hydrogen-bond donors (Lipinski definition) is 0. The molecule has 2 aliphatic heterocycles. The van der Waals surface area contributed by atoms with Gasteiger partial charge >= 0.3 is 0 Å². The molecule has 2 aromatic rings. The van der Waals surface area contributed by atoms with Crippen LogP contribution in [0.2, 0.25) is 0 Å². The Morgan fingerprint density at radius 3 is 2.46 bits per heavy atom. The van der Waals surface area contributed by atoms with Crippen LogP contribution in [0.5, 0.6) is 0 Å². The molecule has 0 aromatic carbocycles. The lowest BCUT2D eigenvalue weighted by atomic mass is 10.2. The summed E-state index contributed by atoms with van der Waals surface area (Å²) in [7, 11) is 0. The summed E-state index contributed by atoms with van der Waals surface area (Å²) in [5.74, 6) is 1.06. The number of aliphatic imine (C=N–C) groups is 2. The van der Waals surface area contributed by atoms with Crippen LogP contribution in [0, 0.1) is 13.8 Å². The molecule has 9 nitrogen and oxygen atoms in total. The Labute approximate surface area is 149 Å². The minimum Gasteiger partial charge on any atom is -0.353 e. The van der Waals surface area contributed by atoms with E-state index in [9.17, 15) is 9.18 Å². The van der Waals surface area contributed by atoms with Crippen molar-refractivity contribution in [1.82, 2.24) is 24.5 Å². The van der Waals surface area contributed by atoms with E-state index in [1.54, 1.807) is 4.52 Å². The van der Waals surface area contributed by atoms with Crippen molar-refractivity contribution in [2.45, 2.75) is 26.9 Å². The number of aromatic nitrogens is 4. The van der Waals surface area contributed by atoms with E-state index in [2.05, 4.69) is 30.0 Å². The predicted octanol–water partition coefficient (Wildman–Crippen LogP) is 0.558. The maximum atomic E-state index is 13.6. The summed E-state index contributed by atoms with van der Waals surface area (Å²) < 4.78 is 15.3. The Balaban J connectivity index is 1.57. The molecule has 0 spiro atoms. The van der Waals surface area contributed by atoms with E-state index in [1.165, 1.54) is 13.3 Å². The normalized spacial score (nSPS) is 21.2. The van der Waals surface area contributed by atoms with Crippen LogP contribution in [0.4, 0.5) is 10.2 Å². The van der Waals surface area contributed by atoms with Crippen molar-refractivity contribution in [2.24, 2.45) is 9.98 Å². The minimum atomic E-state index is -1.72. The van der Waals surface area contributed by atoms with Crippen molar-refractivity contribution in [3.05, 3.63) is 17.6 Å². The Morgan fingerprint density at radius 1 is 1.08 bits per heavy atom. The number of anilines is 1. The Bertz CT molecular complexity index is 941. The monoisotopic (exact) mass is 358 g/mol. The average molecular weight is 358 g/mol. The summed E-state index contributed by atoms with van der Waals surface area (Å²) in [6.45, 7) is 8.12. The van der Waals surface area contributed by atoms with Crippen LogP contribution in [0.25, 0.3) is 5.78 Å².